The summed E-state index contributed by atoms with van der Waals surface area (Å²) in [5.41, 5.74) is 5.47. The van der Waals surface area contributed by atoms with Gasteiger partial charge >= 0.3 is 0 Å². The third-order valence-corrected chi connectivity index (χ3v) is 3.17. The summed E-state index contributed by atoms with van der Waals surface area (Å²) in [5.74, 6) is 0. The third-order valence-electron chi connectivity index (χ3n) is 1.77. The average molecular weight is 191 g/mol. The van der Waals surface area contributed by atoms with Crippen LogP contribution in [0.1, 0.15) is 26.7 Å². The molecule has 0 heterocycles. The molecule has 0 aromatic rings. The molecule has 2 unspecified atom stereocenters. The summed E-state index contributed by atoms with van der Waals surface area (Å²) >= 11 is 2.00. The fourth-order valence-corrected chi connectivity index (χ4v) is 2.35. The van der Waals surface area contributed by atoms with Crippen LogP contribution in [0.25, 0.3) is 0 Å². The molecule has 0 saturated carbocycles. The predicted octanol–water partition coefficient (Wildman–Crippen LogP) is 1.88. The van der Waals surface area contributed by atoms with Crippen molar-refractivity contribution in [3.05, 3.63) is 0 Å². The Morgan fingerprint density at radius 3 is 2.33 bits per heavy atom. The molecular weight excluding hydrogens is 170 g/mol. The van der Waals surface area contributed by atoms with Crippen LogP contribution in [-0.4, -0.2) is 30.8 Å². The highest BCUT2D eigenvalue weighted by atomic mass is 32.2. The number of ether oxygens (including phenoxy) is 1. The number of nitrogens with two attached hydrogens (primary N) is 1. The van der Waals surface area contributed by atoms with Gasteiger partial charge in [0.25, 0.3) is 0 Å². The van der Waals surface area contributed by atoms with Crippen molar-refractivity contribution in [2.75, 3.05) is 20.3 Å². The summed E-state index contributed by atoms with van der Waals surface area (Å²) in [6, 6.07) is 0. The van der Waals surface area contributed by atoms with Gasteiger partial charge < -0.3 is 10.5 Å². The van der Waals surface area contributed by atoms with Crippen LogP contribution in [0.3, 0.4) is 0 Å². The summed E-state index contributed by atoms with van der Waals surface area (Å²) in [7, 11) is 1.75. The van der Waals surface area contributed by atoms with E-state index in [2.05, 4.69) is 13.8 Å². The summed E-state index contributed by atoms with van der Waals surface area (Å²) < 4.78 is 5.02. The first-order valence-electron chi connectivity index (χ1n) is 4.55. The van der Waals surface area contributed by atoms with E-state index in [0.717, 1.165) is 26.0 Å². The average Bonchev–Trinajstić information content (AvgIpc) is 2.01. The summed E-state index contributed by atoms with van der Waals surface area (Å²) in [6.07, 6.45) is 2.25. The SMILES string of the molecule is COCCC(C)SC(C)CCN. The standard InChI is InChI=1S/C9H21NOS/c1-8(4-6-10)12-9(2)5-7-11-3/h8-9H,4-7,10H2,1-3H3. The highest BCUT2D eigenvalue weighted by Crippen LogP contribution is 2.21. The molecular formula is C9H21NOS. The molecule has 0 radical (unpaired) electrons. The van der Waals surface area contributed by atoms with Gasteiger partial charge in [-0.05, 0) is 19.4 Å². The maximum Gasteiger partial charge on any atom is 0.0472 e. The van der Waals surface area contributed by atoms with Gasteiger partial charge in [0.15, 0.2) is 0 Å². The van der Waals surface area contributed by atoms with Crippen LogP contribution in [0.5, 0.6) is 0 Å². The van der Waals surface area contributed by atoms with Crippen molar-refractivity contribution in [2.45, 2.75) is 37.2 Å². The van der Waals surface area contributed by atoms with Gasteiger partial charge in [0.2, 0.25) is 0 Å². The van der Waals surface area contributed by atoms with Gasteiger partial charge in [0.1, 0.15) is 0 Å². The van der Waals surface area contributed by atoms with E-state index >= 15 is 0 Å². The number of rotatable bonds is 7. The number of thioether (sulfide) groups is 1. The van der Waals surface area contributed by atoms with Crippen LogP contribution in [0.4, 0.5) is 0 Å². The molecule has 0 rings (SSSR count). The lowest BCUT2D eigenvalue weighted by Gasteiger charge is -2.15. The lowest BCUT2D eigenvalue weighted by atomic mass is 10.3. The van der Waals surface area contributed by atoms with Crippen molar-refractivity contribution < 1.29 is 4.74 Å². The topological polar surface area (TPSA) is 35.2 Å². The van der Waals surface area contributed by atoms with E-state index in [1.807, 2.05) is 11.8 Å². The predicted molar refractivity (Wildman–Crippen MR) is 56.7 cm³/mol. The minimum Gasteiger partial charge on any atom is -0.385 e. The Labute approximate surface area is 80.2 Å². The zero-order valence-electron chi connectivity index (χ0n) is 8.38. The first-order chi connectivity index (χ1) is 5.70. The van der Waals surface area contributed by atoms with Crippen molar-refractivity contribution in [3.63, 3.8) is 0 Å². The molecule has 0 bridgehead atoms. The molecule has 0 aliphatic rings. The first kappa shape index (κ1) is 12.3. The van der Waals surface area contributed by atoms with Crippen LogP contribution >= 0.6 is 11.8 Å². The van der Waals surface area contributed by atoms with Gasteiger partial charge in [-0.3, -0.25) is 0 Å². The zero-order valence-corrected chi connectivity index (χ0v) is 9.19. The Bertz CT molecular complexity index is 101. The van der Waals surface area contributed by atoms with E-state index in [9.17, 15) is 0 Å². The fraction of sp³-hybridized carbons (Fsp3) is 1.00. The van der Waals surface area contributed by atoms with E-state index in [1.54, 1.807) is 7.11 Å². The molecule has 0 aliphatic heterocycles. The Morgan fingerprint density at radius 1 is 1.25 bits per heavy atom. The molecule has 0 fully saturated rings. The molecule has 2 N–H and O–H groups in total. The first-order valence-corrected chi connectivity index (χ1v) is 5.49. The largest absolute Gasteiger partial charge is 0.385 e. The third kappa shape index (κ3) is 6.95. The van der Waals surface area contributed by atoms with Crippen molar-refractivity contribution in [1.29, 1.82) is 0 Å². The highest BCUT2D eigenvalue weighted by molar-refractivity contribution is 8.00. The van der Waals surface area contributed by atoms with Gasteiger partial charge in [-0.1, -0.05) is 13.8 Å². The number of hydrogen-bond acceptors (Lipinski definition) is 3. The second kappa shape index (κ2) is 7.90. The van der Waals surface area contributed by atoms with Crippen LogP contribution in [0, 0.1) is 0 Å². The van der Waals surface area contributed by atoms with Crippen LogP contribution in [0.15, 0.2) is 0 Å². The summed E-state index contributed by atoms with van der Waals surface area (Å²) in [6.45, 7) is 6.15. The lowest BCUT2D eigenvalue weighted by molar-refractivity contribution is 0.195. The molecule has 74 valence electrons. The van der Waals surface area contributed by atoms with E-state index in [-0.39, 0.29) is 0 Å². The van der Waals surface area contributed by atoms with Gasteiger partial charge in [-0.2, -0.15) is 11.8 Å². The minimum atomic E-state index is 0.682. The van der Waals surface area contributed by atoms with Crippen molar-refractivity contribution in [1.82, 2.24) is 0 Å². The highest BCUT2D eigenvalue weighted by Gasteiger charge is 2.07. The van der Waals surface area contributed by atoms with Crippen LogP contribution in [0.2, 0.25) is 0 Å². The molecule has 2 atom stereocenters. The van der Waals surface area contributed by atoms with Crippen LogP contribution < -0.4 is 5.73 Å². The Hall–Kier alpha value is 0.270. The molecule has 0 spiro atoms. The second-order valence-electron chi connectivity index (χ2n) is 3.12. The Balaban J connectivity index is 3.33. The molecule has 0 aromatic carbocycles. The van der Waals surface area contributed by atoms with Gasteiger partial charge in [-0.15, -0.1) is 0 Å². The van der Waals surface area contributed by atoms with Gasteiger partial charge in [-0.25, -0.2) is 0 Å². The van der Waals surface area contributed by atoms with Crippen LogP contribution in [-0.2, 0) is 4.74 Å². The molecule has 3 heteroatoms. The minimum absolute atomic E-state index is 0.682. The maximum atomic E-state index is 5.47. The number of methoxy groups -OCH3 is 1. The van der Waals surface area contributed by atoms with E-state index < -0.39 is 0 Å². The zero-order chi connectivity index (χ0) is 9.40. The molecule has 0 saturated heterocycles. The van der Waals surface area contributed by atoms with Gasteiger partial charge in [0, 0.05) is 24.2 Å². The Kier molecular flexibility index (Phi) is 8.07. The second-order valence-corrected chi connectivity index (χ2v) is 5.00. The summed E-state index contributed by atoms with van der Waals surface area (Å²) in [5, 5.41) is 1.37. The van der Waals surface area contributed by atoms with E-state index in [4.69, 9.17) is 10.5 Å². The molecule has 2 nitrogen and oxygen atoms in total. The van der Waals surface area contributed by atoms with E-state index in [1.165, 1.54) is 0 Å². The van der Waals surface area contributed by atoms with E-state index in [0.29, 0.717) is 10.5 Å². The molecule has 0 aromatic heterocycles. The van der Waals surface area contributed by atoms with Crippen molar-refractivity contribution in [3.8, 4) is 0 Å². The Morgan fingerprint density at radius 2 is 1.83 bits per heavy atom. The fourth-order valence-electron chi connectivity index (χ4n) is 1.05. The molecule has 0 aliphatic carbocycles. The molecule has 12 heavy (non-hydrogen) atoms. The molecule has 0 amide bonds. The van der Waals surface area contributed by atoms with Crippen molar-refractivity contribution in [2.24, 2.45) is 5.73 Å². The van der Waals surface area contributed by atoms with Crippen molar-refractivity contribution >= 4 is 11.8 Å². The normalized spacial score (nSPS) is 16.0. The number of hydrogen-bond donors (Lipinski definition) is 1. The van der Waals surface area contributed by atoms with Gasteiger partial charge in [0.05, 0.1) is 0 Å². The maximum absolute atomic E-state index is 5.47. The quantitative estimate of drug-likeness (QED) is 0.667. The smallest absolute Gasteiger partial charge is 0.0472 e. The monoisotopic (exact) mass is 191 g/mol. The lowest BCUT2D eigenvalue weighted by Crippen LogP contribution is -2.11. The summed E-state index contributed by atoms with van der Waals surface area (Å²) in [4.78, 5) is 0.